The number of aryl methyl sites for hydroxylation is 1. The summed E-state index contributed by atoms with van der Waals surface area (Å²) in [5.41, 5.74) is -0.204. The molecule has 0 aliphatic heterocycles. The van der Waals surface area contributed by atoms with Gasteiger partial charge in [0.15, 0.2) is 0 Å². The number of rotatable bonds is 4. The van der Waals surface area contributed by atoms with E-state index >= 15 is 0 Å². The quantitative estimate of drug-likeness (QED) is 0.859. The molecule has 17 heavy (non-hydrogen) atoms. The Morgan fingerprint density at radius 3 is 2.41 bits per heavy atom. The second kappa shape index (κ2) is 5.54. The van der Waals surface area contributed by atoms with E-state index in [2.05, 4.69) is 0 Å². The molecule has 0 aliphatic rings. The van der Waals surface area contributed by atoms with Crippen molar-refractivity contribution < 1.29 is 18.3 Å². The number of halogens is 3. The normalized spacial score (nSPS) is 12.2. The van der Waals surface area contributed by atoms with Crippen molar-refractivity contribution in [3.63, 3.8) is 0 Å². The lowest BCUT2D eigenvalue weighted by Crippen LogP contribution is -2.16. The summed E-state index contributed by atoms with van der Waals surface area (Å²) >= 11 is 0. The summed E-state index contributed by atoms with van der Waals surface area (Å²) < 4.78 is 39.1. The average Bonchev–Trinajstić information content (AvgIpc) is 2.26. The van der Waals surface area contributed by atoms with Gasteiger partial charge in [-0.25, -0.2) is 0 Å². The minimum atomic E-state index is -4.38. The number of hydrogen-bond acceptors (Lipinski definition) is 1. The molecule has 0 aromatic heterocycles. The Bertz CT molecular complexity index is 371. The van der Waals surface area contributed by atoms with E-state index in [-0.39, 0.29) is 12.2 Å². The Balaban J connectivity index is 3.34. The zero-order chi connectivity index (χ0) is 13.1. The van der Waals surface area contributed by atoms with Crippen molar-refractivity contribution in [2.45, 2.75) is 32.9 Å². The third kappa shape index (κ3) is 3.22. The Morgan fingerprint density at radius 1 is 1.29 bits per heavy atom. The first-order valence-electron chi connectivity index (χ1n) is 5.54. The van der Waals surface area contributed by atoms with Gasteiger partial charge in [-0.1, -0.05) is 38.5 Å². The van der Waals surface area contributed by atoms with Gasteiger partial charge in [0.2, 0.25) is 0 Å². The maximum absolute atomic E-state index is 13.0. The highest BCUT2D eigenvalue weighted by Crippen LogP contribution is 2.37. The van der Waals surface area contributed by atoms with Gasteiger partial charge in [0.05, 0.1) is 12.2 Å². The lowest BCUT2D eigenvalue weighted by molar-refractivity contribution is -0.138. The topological polar surface area (TPSA) is 20.2 Å². The second-order valence-corrected chi connectivity index (χ2v) is 4.03. The first kappa shape index (κ1) is 14.0. The number of alkyl halides is 3. The van der Waals surface area contributed by atoms with E-state index in [1.54, 1.807) is 6.07 Å². The predicted molar refractivity (Wildman–Crippen MR) is 60.5 cm³/mol. The summed E-state index contributed by atoms with van der Waals surface area (Å²) in [6.45, 7) is 2.99. The van der Waals surface area contributed by atoms with Gasteiger partial charge in [-0.3, -0.25) is 0 Å². The molecule has 0 bridgehead atoms. The van der Waals surface area contributed by atoms with E-state index < -0.39 is 11.7 Å². The molecule has 0 aliphatic carbocycles. The third-order valence-electron chi connectivity index (χ3n) is 2.65. The van der Waals surface area contributed by atoms with Gasteiger partial charge in [-0.05, 0) is 17.5 Å². The fraction of sp³-hybridized carbons (Fsp3) is 0.462. The summed E-state index contributed by atoms with van der Waals surface area (Å²) in [5, 5.41) is 8.99. The van der Waals surface area contributed by atoms with Crippen LogP contribution in [0.5, 0.6) is 0 Å². The molecule has 0 unspecified atom stereocenters. The molecule has 0 heterocycles. The monoisotopic (exact) mass is 245 g/mol. The van der Waals surface area contributed by atoms with E-state index in [0.29, 0.717) is 24.3 Å². The van der Waals surface area contributed by atoms with Gasteiger partial charge in [-0.15, -0.1) is 0 Å². The Kier molecular flexibility index (Phi) is 4.57. The summed E-state index contributed by atoms with van der Waals surface area (Å²) in [6, 6.07) is 4.52. The Morgan fingerprint density at radius 2 is 1.94 bits per heavy atom. The molecule has 0 saturated carbocycles. The van der Waals surface area contributed by atoms with Crippen molar-refractivity contribution in [1.29, 1.82) is 0 Å². The van der Waals surface area contributed by atoms with Crippen LogP contribution in [-0.2, 0) is 12.6 Å². The van der Waals surface area contributed by atoms with Crippen LogP contribution in [-0.4, -0.2) is 11.7 Å². The summed E-state index contributed by atoms with van der Waals surface area (Å²) in [4.78, 5) is 0. The van der Waals surface area contributed by atoms with Crippen molar-refractivity contribution >= 4 is 0 Å². The van der Waals surface area contributed by atoms with Crippen LogP contribution in [0.2, 0.25) is 0 Å². The van der Waals surface area contributed by atoms with Gasteiger partial charge in [0, 0.05) is 5.92 Å². The van der Waals surface area contributed by atoms with E-state index in [1.807, 2.05) is 6.92 Å². The van der Waals surface area contributed by atoms with Crippen LogP contribution in [0.15, 0.2) is 18.2 Å². The van der Waals surface area contributed by atoms with E-state index in [0.717, 1.165) is 0 Å². The summed E-state index contributed by atoms with van der Waals surface area (Å²) in [7, 11) is 0. The molecule has 0 spiro atoms. The maximum atomic E-state index is 13.0. The van der Waals surface area contributed by atoms with Crippen LogP contribution in [0.25, 0.3) is 0 Å². The van der Waals surface area contributed by atoms with Crippen LogP contribution < -0.4 is 0 Å². The van der Waals surface area contributed by atoms with Crippen molar-refractivity contribution in [3.05, 3.63) is 40.8 Å². The van der Waals surface area contributed by atoms with Crippen LogP contribution in [0, 0.1) is 5.92 Å². The highest BCUT2D eigenvalue weighted by molar-refractivity contribution is 5.45. The molecule has 1 N–H and O–H groups in total. The van der Waals surface area contributed by atoms with Gasteiger partial charge in [-0.2, -0.15) is 13.2 Å². The van der Waals surface area contributed by atoms with Gasteiger partial charge < -0.3 is 5.11 Å². The molecular formula is C13H16F3O. The van der Waals surface area contributed by atoms with Gasteiger partial charge >= 0.3 is 6.18 Å². The Hall–Kier alpha value is -1.03. The zero-order valence-corrected chi connectivity index (χ0v) is 9.93. The predicted octanol–water partition coefficient (Wildman–Crippen LogP) is 3.59. The molecule has 0 fully saturated rings. The van der Waals surface area contributed by atoms with Crippen molar-refractivity contribution in [2.24, 2.45) is 0 Å². The minimum Gasteiger partial charge on any atom is -0.395 e. The molecule has 1 aromatic rings. The molecule has 1 rings (SSSR count). The van der Waals surface area contributed by atoms with Crippen LogP contribution >= 0.6 is 0 Å². The number of aliphatic hydroxyl groups is 1. The van der Waals surface area contributed by atoms with E-state index in [4.69, 9.17) is 5.11 Å². The summed E-state index contributed by atoms with van der Waals surface area (Å²) in [5.74, 6) is 0.343. The largest absolute Gasteiger partial charge is 0.416 e. The molecule has 0 atom stereocenters. The molecule has 1 nitrogen and oxygen atoms in total. The van der Waals surface area contributed by atoms with Crippen molar-refractivity contribution in [3.8, 4) is 0 Å². The minimum absolute atomic E-state index is 0.103. The Labute approximate surface area is 99.3 Å². The molecule has 0 saturated heterocycles. The molecule has 1 aromatic carbocycles. The zero-order valence-electron chi connectivity index (χ0n) is 9.93. The smallest absolute Gasteiger partial charge is 0.395 e. The lowest BCUT2D eigenvalue weighted by atomic mass is 9.90. The first-order valence-corrected chi connectivity index (χ1v) is 5.54. The molecular weight excluding hydrogens is 229 g/mol. The summed E-state index contributed by atoms with van der Waals surface area (Å²) in [6.07, 6.45) is -3.33. The molecule has 0 amide bonds. The van der Waals surface area contributed by atoms with E-state index in [1.165, 1.54) is 19.1 Å². The number of benzene rings is 1. The van der Waals surface area contributed by atoms with Crippen molar-refractivity contribution in [2.75, 3.05) is 6.61 Å². The van der Waals surface area contributed by atoms with E-state index in [9.17, 15) is 13.2 Å². The fourth-order valence-electron chi connectivity index (χ4n) is 1.85. The van der Waals surface area contributed by atoms with Gasteiger partial charge in [0.1, 0.15) is 0 Å². The number of hydrogen-bond donors (Lipinski definition) is 1. The third-order valence-corrected chi connectivity index (χ3v) is 2.65. The van der Waals surface area contributed by atoms with Gasteiger partial charge in [0.25, 0.3) is 0 Å². The maximum Gasteiger partial charge on any atom is 0.416 e. The number of aliphatic hydroxyl groups excluding tert-OH is 1. The molecule has 1 radical (unpaired) electrons. The fourth-order valence-corrected chi connectivity index (χ4v) is 1.85. The molecule has 4 heteroatoms. The highest BCUT2D eigenvalue weighted by atomic mass is 19.4. The van der Waals surface area contributed by atoms with Crippen molar-refractivity contribution in [1.82, 2.24) is 0 Å². The van der Waals surface area contributed by atoms with Crippen LogP contribution in [0.4, 0.5) is 13.2 Å². The first-order chi connectivity index (χ1) is 7.91. The SMILES string of the molecule is CCCc1cccc([C](C)CO)c1C(F)(F)F. The average molecular weight is 245 g/mol. The van der Waals surface area contributed by atoms with Crippen LogP contribution in [0.3, 0.4) is 0 Å². The molecule has 95 valence electrons. The van der Waals surface area contributed by atoms with Crippen LogP contribution in [0.1, 0.15) is 37.0 Å². The highest BCUT2D eigenvalue weighted by Gasteiger charge is 2.36. The second-order valence-electron chi connectivity index (χ2n) is 4.03. The lowest BCUT2D eigenvalue weighted by Gasteiger charge is -2.19. The standard InChI is InChI=1S/C13H16F3O/c1-3-5-10-6-4-7-11(9(2)8-17)12(10)13(14,15)16/h4,6-7,17H,3,5,8H2,1-2H3.